The summed E-state index contributed by atoms with van der Waals surface area (Å²) in [5.41, 5.74) is 2.64. The van der Waals surface area contributed by atoms with Crippen molar-refractivity contribution in [2.24, 2.45) is 0 Å². The third-order valence-electron chi connectivity index (χ3n) is 6.85. The summed E-state index contributed by atoms with van der Waals surface area (Å²) in [6.45, 7) is 7.30. The Bertz CT molecular complexity index is 1740. The highest BCUT2D eigenvalue weighted by atomic mass is 32.1. The third-order valence-corrected chi connectivity index (χ3v) is 7.98. The lowest BCUT2D eigenvalue weighted by Gasteiger charge is -2.23. The molecule has 2 N–H and O–H groups in total. The molecule has 0 saturated carbocycles. The Kier molecular flexibility index (Phi) is 8.40. The van der Waals surface area contributed by atoms with E-state index in [1.807, 2.05) is 37.3 Å². The van der Waals surface area contributed by atoms with E-state index < -0.39 is 23.7 Å². The van der Waals surface area contributed by atoms with Crippen LogP contribution in [-0.2, 0) is 20.9 Å². The number of anilines is 1. The molecule has 1 aromatic heterocycles. The number of Topliss-reactive ketones (excluding diaryl/α,β-unsaturated/α-hetero) is 1. The van der Waals surface area contributed by atoms with Gasteiger partial charge in [-0.3, -0.25) is 14.5 Å². The summed E-state index contributed by atoms with van der Waals surface area (Å²) >= 11 is 0.903. The van der Waals surface area contributed by atoms with Gasteiger partial charge in [0.2, 0.25) is 0 Å². The second-order valence-electron chi connectivity index (χ2n) is 9.81. The number of esters is 1. The normalized spacial score (nSPS) is 15.9. The average molecular weight is 597 g/mol. The van der Waals surface area contributed by atoms with Crippen LogP contribution in [0.5, 0.6) is 11.5 Å². The maximum absolute atomic E-state index is 13.5. The van der Waals surface area contributed by atoms with E-state index in [0.29, 0.717) is 34.7 Å². The number of aryl methyl sites for hydroxylation is 2. The van der Waals surface area contributed by atoms with Crippen LogP contribution < -0.4 is 9.64 Å². The fraction of sp³-hybridized carbons (Fsp3) is 0.152. The first-order valence-electron chi connectivity index (χ1n) is 13.3. The van der Waals surface area contributed by atoms with Gasteiger partial charge in [-0.15, -0.1) is 0 Å². The van der Waals surface area contributed by atoms with Gasteiger partial charge in [-0.05, 0) is 60.9 Å². The summed E-state index contributed by atoms with van der Waals surface area (Å²) in [6, 6.07) is 19.5. The molecule has 1 aliphatic rings. The van der Waals surface area contributed by atoms with E-state index >= 15 is 0 Å². The van der Waals surface area contributed by atoms with Crippen LogP contribution in [0.25, 0.3) is 5.76 Å². The summed E-state index contributed by atoms with van der Waals surface area (Å²) in [7, 11) is 0. The van der Waals surface area contributed by atoms with Crippen molar-refractivity contribution in [1.29, 1.82) is 0 Å². The predicted molar refractivity (Wildman–Crippen MR) is 162 cm³/mol. The van der Waals surface area contributed by atoms with Crippen LogP contribution in [0.1, 0.15) is 43.7 Å². The maximum Gasteiger partial charge on any atom is 0.350 e. The number of amides is 1. The van der Waals surface area contributed by atoms with Crippen molar-refractivity contribution < 1.29 is 34.1 Å². The van der Waals surface area contributed by atoms with Gasteiger partial charge in [0, 0.05) is 5.56 Å². The quantitative estimate of drug-likeness (QED) is 0.0791. The van der Waals surface area contributed by atoms with E-state index in [0.717, 1.165) is 21.8 Å². The van der Waals surface area contributed by atoms with Gasteiger partial charge in [0.1, 0.15) is 35.3 Å². The molecular weight excluding hydrogens is 568 g/mol. The number of thiazole rings is 1. The molecule has 2 heterocycles. The summed E-state index contributed by atoms with van der Waals surface area (Å²) in [5.74, 6) is -2.26. The largest absolute Gasteiger partial charge is 0.508 e. The Hall–Kier alpha value is -5.22. The number of aliphatic hydroxyl groups is 1. The van der Waals surface area contributed by atoms with Gasteiger partial charge in [-0.2, -0.15) is 0 Å². The van der Waals surface area contributed by atoms with Gasteiger partial charge in [-0.25, -0.2) is 9.78 Å². The molecule has 1 atom stereocenters. The molecule has 1 saturated heterocycles. The average Bonchev–Trinajstić information content (AvgIpc) is 3.51. The van der Waals surface area contributed by atoms with E-state index in [1.165, 1.54) is 18.2 Å². The molecule has 9 nitrogen and oxygen atoms in total. The Morgan fingerprint density at radius 3 is 2.47 bits per heavy atom. The van der Waals surface area contributed by atoms with Crippen molar-refractivity contribution in [2.75, 3.05) is 11.5 Å². The molecule has 0 bridgehead atoms. The van der Waals surface area contributed by atoms with Crippen LogP contribution in [0.3, 0.4) is 0 Å². The maximum atomic E-state index is 13.5. The minimum atomic E-state index is -1.09. The van der Waals surface area contributed by atoms with E-state index in [2.05, 4.69) is 11.6 Å². The number of hydrogen-bond acceptors (Lipinski definition) is 9. The number of aliphatic hydroxyl groups excluding tert-OH is 1. The number of carbonyl (C=O) groups is 3. The summed E-state index contributed by atoms with van der Waals surface area (Å²) < 4.78 is 11.1. The topological polar surface area (TPSA) is 126 Å². The van der Waals surface area contributed by atoms with Gasteiger partial charge in [0.15, 0.2) is 5.13 Å². The SMILES string of the molecule is C=CCOC(=O)c1sc(N2C(=O)C(=O)/C(=C(/O)c3ccc(OCc4ccccc4)c(C)c3)[C@@H]2c2ccc(O)cc2)nc1C. The van der Waals surface area contributed by atoms with E-state index in [1.54, 1.807) is 37.3 Å². The Morgan fingerprint density at radius 2 is 1.79 bits per heavy atom. The van der Waals surface area contributed by atoms with Crippen molar-refractivity contribution in [2.45, 2.75) is 26.5 Å². The van der Waals surface area contributed by atoms with Crippen molar-refractivity contribution >= 4 is 39.9 Å². The number of ketones is 1. The third kappa shape index (κ3) is 5.91. The monoisotopic (exact) mass is 596 g/mol. The lowest BCUT2D eigenvalue weighted by atomic mass is 9.95. The van der Waals surface area contributed by atoms with Gasteiger partial charge in [0.25, 0.3) is 5.78 Å². The number of carbonyl (C=O) groups excluding carboxylic acids is 3. The molecule has 0 radical (unpaired) electrons. The first kappa shape index (κ1) is 29.3. The van der Waals surface area contributed by atoms with Crippen LogP contribution in [0.2, 0.25) is 0 Å². The molecule has 0 spiro atoms. The van der Waals surface area contributed by atoms with Crippen LogP contribution >= 0.6 is 11.3 Å². The molecule has 1 amide bonds. The van der Waals surface area contributed by atoms with E-state index in [-0.39, 0.29) is 33.7 Å². The molecule has 1 fully saturated rings. The standard InChI is InChI=1S/C33H28N2O7S/c1-4-16-41-32(40)30-20(3)34-33(43-30)35-27(22-10-13-24(36)14-11-22)26(29(38)31(35)39)28(37)23-12-15-25(19(2)17-23)42-18-21-8-6-5-7-9-21/h4-15,17,27,36-37H,1,16,18H2,2-3H3/b28-26+/t27-/m0/s1. The molecule has 5 rings (SSSR count). The van der Waals surface area contributed by atoms with Crippen LogP contribution in [0, 0.1) is 13.8 Å². The van der Waals surface area contributed by atoms with Crippen molar-refractivity contribution in [1.82, 2.24) is 4.98 Å². The minimum absolute atomic E-state index is 0.000961. The van der Waals surface area contributed by atoms with Crippen LogP contribution in [0.15, 0.2) is 91.0 Å². The number of phenols is 1. The number of aromatic nitrogens is 1. The summed E-state index contributed by atoms with van der Waals surface area (Å²) in [4.78, 5) is 45.3. The van der Waals surface area contributed by atoms with Crippen LogP contribution in [0.4, 0.5) is 5.13 Å². The van der Waals surface area contributed by atoms with Crippen molar-refractivity contribution in [3.8, 4) is 11.5 Å². The second kappa shape index (κ2) is 12.3. The van der Waals surface area contributed by atoms with E-state index in [9.17, 15) is 24.6 Å². The molecule has 0 aliphatic carbocycles. The lowest BCUT2D eigenvalue weighted by molar-refractivity contribution is -0.132. The molecule has 218 valence electrons. The Labute approximate surface area is 252 Å². The fourth-order valence-corrected chi connectivity index (χ4v) is 5.71. The first-order valence-corrected chi connectivity index (χ1v) is 14.1. The Balaban J connectivity index is 1.55. The summed E-state index contributed by atoms with van der Waals surface area (Å²) in [6.07, 6.45) is 1.43. The molecule has 1 aliphatic heterocycles. The minimum Gasteiger partial charge on any atom is -0.508 e. The molecular formula is C33H28N2O7S. The van der Waals surface area contributed by atoms with Gasteiger partial charge in [-0.1, -0.05) is 66.5 Å². The molecule has 10 heteroatoms. The Morgan fingerprint density at radius 1 is 1.07 bits per heavy atom. The zero-order valence-electron chi connectivity index (χ0n) is 23.4. The number of phenolic OH excluding ortho intramolecular Hbond substituents is 1. The molecule has 0 unspecified atom stereocenters. The molecule has 43 heavy (non-hydrogen) atoms. The smallest absolute Gasteiger partial charge is 0.350 e. The number of aromatic hydroxyl groups is 1. The lowest BCUT2D eigenvalue weighted by Crippen LogP contribution is -2.29. The predicted octanol–water partition coefficient (Wildman–Crippen LogP) is 6.01. The highest BCUT2D eigenvalue weighted by molar-refractivity contribution is 7.17. The van der Waals surface area contributed by atoms with Gasteiger partial charge >= 0.3 is 11.9 Å². The molecule has 3 aromatic carbocycles. The van der Waals surface area contributed by atoms with Crippen molar-refractivity contribution in [3.63, 3.8) is 0 Å². The second-order valence-corrected chi connectivity index (χ2v) is 10.8. The number of rotatable bonds is 9. The van der Waals surface area contributed by atoms with Gasteiger partial charge in [0.05, 0.1) is 17.3 Å². The number of hydrogen-bond donors (Lipinski definition) is 2. The zero-order chi connectivity index (χ0) is 30.7. The fourth-order valence-electron chi connectivity index (χ4n) is 4.73. The van der Waals surface area contributed by atoms with Crippen molar-refractivity contribution in [3.05, 3.63) is 124 Å². The zero-order valence-corrected chi connectivity index (χ0v) is 24.3. The van der Waals surface area contributed by atoms with Gasteiger partial charge < -0.3 is 19.7 Å². The molecule has 4 aromatic rings. The van der Waals surface area contributed by atoms with E-state index in [4.69, 9.17) is 9.47 Å². The number of ether oxygens (including phenoxy) is 2. The highest BCUT2D eigenvalue weighted by Gasteiger charge is 2.48. The van der Waals surface area contributed by atoms with Crippen LogP contribution in [-0.4, -0.2) is 39.5 Å². The number of nitrogens with zero attached hydrogens (tertiary/aromatic N) is 2. The first-order chi connectivity index (χ1) is 20.7. The summed E-state index contributed by atoms with van der Waals surface area (Å²) in [5, 5.41) is 21.5. The highest BCUT2D eigenvalue weighted by Crippen LogP contribution is 2.44. The number of benzene rings is 3.